The van der Waals surface area contributed by atoms with Crippen LogP contribution >= 0.6 is 0 Å². The summed E-state index contributed by atoms with van der Waals surface area (Å²) in [6.07, 6.45) is 3.46. The Labute approximate surface area is 146 Å². The van der Waals surface area contributed by atoms with Crippen LogP contribution in [0, 0.1) is 0 Å². The molecule has 0 aliphatic heterocycles. The molecule has 0 atom stereocenters. The number of hydrogen-bond donors (Lipinski definition) is 2. The molecule has 5 heteroatoms. The SMILES string of the molecule is CN(CC(=O)Nc1ccccc1)C(=O)c1c[nH]cc1-c1ccccc1. The molecule has 2 N–H and O–H groups in total. The lowest BCUT2D eigenvalue weighted by atomic mass is 10.0. The van der Waals surface area contributed by atoms with Gasteiger partial charge in [0.25, 0.3) is 5.91 Å². The van der Waals surface area contributed by atoms with Crippen LogP contribution in [0.25, 0.3) is 11.1 Å². The smallest absolute Gasteiger partial charge is 0.256 e. The number of rotatable bonds is 5. The molecule has 0 aliphatic carbocycles. The highest BCUT2D eigenvalue weighted by Gasteiger charge is 2.19. The lowest BCUT2D eigenvalue weighted by Crippen LogP contribution is -2.35. The van der Waals surface area contributed by atoms with Crippen molar-refractivity contribution in [1.82, 2.24) is 9.88 Å². The Morgan fingerprint density at radius 2 is 1.60 bits per heavy atom. The summed E-state index contributed by atoms with van der Waals surface area (Å²) in [7, 11) is 1.62. The minimum absolute atomic E-state index is 0.0207. The molecular weight excluding hydrogens is 314 g/mol. The second-order valence-electron chi connectivity index (χ2n) is 5.72. The van der Waals surface area contributed by atoms with Crippen LogP contribution < -0.4 is 5.32 Å². The summed E-state index contributed by atoms with van der Waals surface area (Å²) in [6, 6.07) is 18.8. The summed E-state index contributed by atoms with van der Waals surface area (Å²) in [5, 5.41) is 2.78. The van der Waals surface area contributed by atoms with Crippen LogP contribution in [-0.4, -0.2) is 35.3 Å². The molecule has 0 radical (unpaired) electrons. The second-order valence-corrected chi connectivity index (χ2v) is 5.72. The maximum Gasteiger partial charge on any atom is 0.256 e. The molecule has 0 spiro atoms. The topological polar surface area (TPSA) is 65.2 Å². The predicted octanol–water partition coefficient (Wildman–Crippen LogP) is 3.39. The Morgan fingerprint density at radius 3 is 2.28 bits per heavy atom. The van der Waals surface area contributed by atoms with Crippen LogP contribution in [0.2, 0.25) is 0 Å². The molecule has 0 saturated heterocycles. The van der Waals surface area contributed by atoms with E-state index in [4.69, 9.17) is 0 Å². The number of carbonyl (C=O) groups excluding carboxylic acids is 2. The zero-order valence-corrected chi connectivity index (χ0v) is 13.9. The fourth-order valence-electron chi connectivity index (χ4n) is 2.61. The van der Waals surface area contributed by atoms with E-state index < -0.39 is 0 Å². The first-order valence-electron chi connectivity index (χ1n) is 7.97. The number of likely N-dealkylation sites (N-methyl/N-ethyl adjacent to an activating group) is 1. The van der Waals surface area contributed by atoms with Crippen molar-refractivity contribution in [2.75, 3.05) is 18.9 Å². The van der Waals surface area contributed by atoms with Crippen LogP contribution in [0.3, 0.4) is 0 Å². The standard InChI is InChI=1S/C20H19N3O2/c1-23(14-19(24)22-16-10-6-3-7-11-16)20(25)18-13-21-12-17(18)15-8-4-2-5-9-15/h2-13,21H,14H2,1H3,(H,22,24). The molecule has 1 heterocycles. The summed E-state index contributed by atoms with van der Waals surface area (Å²) in [6.45, 7) is -0.0207. The molecule has 3 aromatic rings. The number of hydrogen-bond acceptors (Lipinski definition) is 2. The Bertz CT molecular complexity index is 857. The number of benzene rings is 2. The number of carbonyl (C=O) groups is 2. The normalized spacial score (nSPS) is 10.3. The van der Waals surface area contributed by atoms with Gasteiger partial charge < -0.3 is 15.2 Å². The first-order chi connectivity index (χ1) is 12.1. The van der Waals surface area contributed by atoms with Crippen LogP contribution in [0.1, 0.15) is 10.4 Å². The summed E-state index contributed by atoms with van der Waals surface area (Å²) in [5.41, 5.74) is 3.02. The fourth-order valence-corrected chi connectivity index (χ4v) is 2.61. The lowest BCUT2D eigenvalue weighted by Gasteiger charge is -2.17. The van der Waals surface area contributed by atoms with E-state index >= 15 is 0 Å². The van der Waals surface area contributed by atoms with E-state index in [1.54, 1.807) is 31.6 Å². The van der Waals surface area contributed by atoms with Crippen molar-refractivity contribution in [1.29, 1.82) is 0 Å². The Morgan fingerprint density at radius 1 is 0.960 bits per heavy atom. The molecule has 5 nitrogen and oxygen atoms in total. The maximum atomic E-state index is 12.7. The van der Waals surface area contributed by atoms with E-state index in [0.29, 0.717) is 11.3 Å². The third-order valence-corrected chi connectivity index (χ3v) is 3.85. The average molecular weight is 333 g/mol. The molecule has 2 aromatic carbocycles. The van der Waals surface area contributed by atoms with Crippen LogP contribution in [0.15, 0.2) is 73.1 Å². The minimum Gasteiger partial charge on any atom is -0.366 e. The highest BCUT2D eigenvalue weighted by atomic mass is 16.2. The van der Waals surface area contributed by atoms with Crippen molar-refractivity contribution >= 4 is 17.5 Å². The number of H-pyrrole nitrogens is 1. The number of aromatic amines is 1. The monoisotopic (exact) mass is 333 g/mol. The van der Waals surface area contributed by atoms with Gasteiger partial charge in [-0.05, 0) is 17.7 Å². The molecule has 126 valence electrons. The van der Waals surface area contributed by atoms with Gasteiger partial charge in [-0.2, -0.15) is 0 Å². The van der Waals surface area contributed by atoms with Gasteiger partial charge in [0.15, 0.2) is 0 Å². The predicted molar refractivity (Wildman–Crippen MR) is 98.3 cm³/mol. The van der Waals surface area contributed by atoms with Crippen LogP contribution in [0.4, 0.5) is 5.69 Å². The third kappa shape index (κ3) is 3.95. The average Bonchev–Trinajstić information content (AvgIpc) is 3.12. The number of para-hydroxylation sites is 1. The van der Waals surface area contributed by atoms with Crippen molar-refractivity contribution in [3.8, 4) is 11.1 Å². The fraction of sp³-hybridized carbons (Fsp3) is 0.100. The van der Waals surface area contributed by atoms with Gasteiger partial charge in [0, 0.05) is 30.7 Å². The summed E-state index contributed by atoms with van der Waals surface area (Å²) in [4.78, 5) is 29.2. The number of aromatic nitrogens is 1. The Balaban J connectivity index is 1.69. The summed E-state index contributed by atoms with van der Waals surface area (Å²) in [5.74, 6) is -0.442. The van der Waals surface area contributed by atoms with E-state index in [1.807, 2.05) is 48.5 Å². The number of amides is 2. The van der Waals surface area contributed by atoms with Gasteiger partial charge in [-0.25, -0.2) is 0 Å². The summed E-state index contributed by atoms with van der Waals surface area (Å²) >= 11 is 0. The molecule has 25 heavy (non-hydrogen) atoms. The molecule has 0 saturated carbocycles. The van der Waals surface area contributed by atoms with Crippen LogP contribution in [-0.2, 0) is 4.79 Å². The molecule has 0 aliphatic rings. The van der Waals surface area contributed by atoms with E-state index in [2.05, 4.69) is 10.3 Å². The zero-order chi connectivity index (χ0) is 17.6. The molecule has 3 rings (SSSR count). The quantitative estimate of drug-likeness (QED) is 0.751. The van der Waals surface area contributed by atoms with Gasteiger partial charge in [0.2, 0.25) is 5.91 Å². The molecule has 0 unspecified atom stereocenters. The third-order valence-electron chi connectivity index (χ3n) is 3.85. The van der Waals surface area contributed by atoms with E-state index in [1.165, 1.54) is 4.90 Å². The van der Waals surface area contributed by atoms with E-state index in [-0.39, 0.29) is 18.4 Å². The zero-order valence-electron chi connectivity index (χ0n) is 13.9. The van der Waals surface area contributed by atoms with Gasteiger partial charge >= 0.3 is 0 Å². The number of nitrogens with zero attached hydrogens (tertiary/aromatic N) is 1. The summed E-state index contributed by atoms with van der Waals surface area (Å²) < 4.78 is 0. The van der Waals surface area contributed by atoms with E-state index in [0.717, 1.165) is 11.1 Å². The van der Waals surface area contributed by atoms with Gasteiger partial charge in [0.05, 0.1) is 12.1 Å². The Hall–Kier alpha value is -3.34. The van der Waals surface area contributed by atoms with Crippen molar-refractivity contribution < 1.29 is 9.59 Å². The van der Waals surface area contributed by atoms with Gasteiger partial charge in [0.1, 0.15) is 0 Å². The van der Waals surface area contributed by atoms with Crippen molar-refractivity contribution in [3.05, 3.63) is 78.6 Å². The molecule has 2 amide bonds. The van der Waals surface area contributed by atoms with Gasteiger partial charge in [-0.3, -0.25) is 9.59 Å². The van der Waals surface area contributed by atoms with E-state index in [9.17, 15) is 9.59 Å². The second kappa shape index (κ2) is 7.49. The first-order valence-corrected chi connectivity index (χ1v) is 7.97. The highest BCUT2D eigenvalue weighted by molar-refractivity contribution is 6.03. The van der Waals surface area contributed by atoms with Crippen molar-refractivity contribution in [2.45, 2.75) is 0 Å². The van der Waals surface area contributed by atoms with Gasteiger partial charge in [-0.1, -0.05) is 48.5 Å². The molecular formula is C20H19N3O2. The lowest BCUT2D eigenvalue weighted by molar-refractivity contribution is -0.116. The highest BCUT2D eigenvalue weighted by Crippen LogP contribution is 2.24. The Kier molecular flexibility index (Phi) is 4.95. The van der Waals surface area contributed by atoms with Crippen molar-refractivity contribution in [3.63, 3.8) is 0 Å². The van der Waals surface area contributed by atoms with Crippen molar-refractivity contribution in [2.24, 2.45) is 0 Å². The molecule has 0 bridgehead atoms. The largest absolute Gasteiger partial charge is 0.366 e. The molecule has 1 aromatic heterocycles. The van der Waals surface area contributed by atoms with Crippen LogP contribution in [0.5, 0.6) is 0 Å². The maximum absolute atomic E-state index is 12.7. The van der Waals surface area contributed by atoms with Gasteiger partial charge in [-0.15, -0.1) is 0 Å². The first kappa shape index (κ1) is 16.5. The number of anilines is 1. The molecule has 0 fully saturated rings. The minimum atomic E-state index is -0.237. The number of nitrogens with one attached hydrogen (secondary N) is 2.